The highest BCUT2D eigenvalue weighted by Gasteiger charge is 2.56. The lowest BCUT2D eigenvalue weighted by Crippen LogP contribution is -2.39. The second-order valence-electron chi connectivity index (χ2n) is 5.36. The molecule has 0 saturated carbocycles. The van der Waals surface area contributed by atoms with Crippen molar-refractivity contribution >= 4 is 12.1 Å². The van der Waals surface area contributed by atoms with Crippen LogP contribution in [-0.2, 0) is 14.3 Å². The molecule has 1 aromatic carbocycles. The van der Waals surface area contributed by atoms with Crippen LogP contribution in [-0.4, -0.2) is 54.0 Å². The summed E-state index contributed by atoms with van der Waals surface area (Å²) < 4.78 is 15.7. The third-order valence-electron chi connectivity index (χ3n) is 3.98. The Bertz CT molecular complexity index is 586. The van der Waals surface area contributed by atoms with Gasteiger partial charge in [0.2, 0.25) is 0 Å². The number of carbonyl (C=O) groups excluding carboxylic acids is 2. The quantitative estimate of drug-likeness (QED) is 0.834. The number of fused-ring (bicyclic) bond motifs is 1. The van der Waals surface area contributed by atoms with Crippen molar-refractivity contribution in [1.82, 2.24) is 4.90 Å². The molecule has 2 fully saturated rings. The molecule has 3 rings (SSSR count). The zero-order valence-corrected chi connectivity index (χ0v) is 12.3. The first-order valence-electron chi connectivity index (χ1n) is 6.97. The molecule has 7 heteroatoms. The summed E-state index contributed by atoms with van der Waals surface area (Å²) in [5, 5.41) is 10.1. The molecule has 1 N–H and O–H groups in total. The Hall–Kier alpha value is -2.28. The molecule has 4 atom stereocenters. The van der Waals surface area contributed by atoms with Crippen LogP contribution >= 0.6 is 0 Å². The Morgan fingerprint density at radius 1 is 1.36 bits per heavy atom. The van der Waals surface area contributed by atoms with Crippen LogP contribution < -0.4 is 4.74 Å². The number of ether oxygens (including phenoxy) is 3. The zero-order valence-electron chi connectivity index (χ0n) is 12.3. The van der Waals surface area contributed by atoms with E-state index in [1.165, 1.54) is 11.8 Å². The fourth-order valence-electron chi connectivity index (χ4n) is 3.01. The van der Waals surface area contributed by atoms with Gasteiger partial charge in [-0.2, -0.15) is 0 Å². The molecule has 2 aliphatic rings. The Morgan fingerprint density at radius 2 is 2.05 bits per heavy atom. The number of rotatable bonds is 3. The summed E-state index contributed by atoms with van der Waals surface area (Å²) >= 11 is 0. The van der Waals surface area contributed by atoms with E-state index in [9.17, 15) is 14.7 Å². The third-order valence-corrected chi connectivity index (χ3v) is 3.98. The van der Waals surface area contributed by atoms with E-state index in [1.54, 1.807) is 31.4 Å². The summed E-state index contributed by atoms with van der Waals surface area (Å²) in [4.78, 5) is 24.6. The number of esters is 1. The molecule has 118 valence electrons. The highest BCUT2D eigenvalue weighted by Crippen LogP contribution is 2.40. The summed E-state index contributed by atoms with van der Waals surface area (Å²) in [5.41, 5.74) is 0.757. The molecule has 22 heavy (non-hydrogen) atoms. The van der Waals surface area contributed by atoms with Crippen molar-refractivity contribution in [2.45, 2.75) is 31.3 Å². The molecule has 2 heterocycles. The van der Waals surface area contributed by atoms with E-state index < -0.39 is 36.4 Å². The largest absolute Gasteiger partial charge is 0.497 e. The van der Waals surface area contributed by atoms with Gasteiger partial charge in [0.05, 0.1) is 13.7 Å². The number of cyclic esters (lactones) is 1. The average Bonchev–Trinajstić information content (AvgIpc) is 2.97. The van der Waals surface area contributed by atoms with E-state index in [0.717, 1.165) is 5.56 Å². The van der Waals surface area contributed by atoms with E-state index in [0.29, 0.717) is 5.75 Å². The fraction of sp³-hybridized carbons (Fsp3) is 0.467. The SMILES string of the molecule is COc1ccc([C@@H]2OC(=O)N3C[C@H](O)[C@@H](OC(C)=O)[C@@H]23)cc1. The van der Waals surface area contributed by atoms with Gasteiger partial charge in [0.1, 0.15) is 17.9 Å². The molecular weight excluding hydrogens is 290 g/mol. The molecule has 2 saturated heterocycles. The van der Waals surface area contributed by atoms with Crippen LogP contribution in [0.1, 0.15) is 18.6 Å². The van der Waals surface area contributed by atoms with Crippen LogP contribution in [0.3, 0.4) is 0 Å². The van der Waals surface area contributed by atoms with Crippen LogP contribution in [0.25, 0.3) is 0 Å². The first-order chi connectivity index (χ1) is 10.5. The van der Waals surface area contributed by atoms with Crippen LogP contribution in [0, 0.1) is 0 Å². The minimum Gasteiger partial charge on any atom is -0.497 e. The smallest absolute Gasteiger partial charge is 0.411 e. The third kappa shape index (κ3) is 2.37. The molecule has 7 nitrogen and oxygen atoms in total. The Kier molecular flexibility index (Phi) is 3.66. The minimum atomic E-state index is -0.914. The van der Waals surface area contributed by atoms with E-state index in [2.05, 4.69) is 0 Å². The molecule has 2 aliphatic heterocycles. The van der Waals surface area contributed by atoms with Crippen molar-refractivity contribution < 1.29 is 28.9 Å². The normalized spacial score (nSPS) is 30.0. The highest BCUT2D eigenvalue weighted by molar-refractivity contribution is 5.73. The predicted octanol–water partition coefficient (Wildman–Crippen LogP) is 0.863. The number of benzene rings is 1. The van der Waals surface area contributed by atoms with Crippen LogP contribution in [0.4, 0.5) is 4.79 Å². The lowest BCUT2D eigenvalue weighted by atomic mass is 9.98. The van der Waals surface area contributed by atoms with Crippen molar-refractivity contribution in [2.75, 3.05) is 13.7 Å². The van der Waals surface area contributed by atoms with Gasteiger partial charge in [0.25, 0.3) is 0 Å². The Morgan fingerprint density at radius 3 is 2.64 bits per heavy atom. The average molecular weight is 307 g/mol. The summed E-state index contributed by atoms with van der Waals surface area (Å²) in [6.45, 7) is 1.36. The van der Waals surface area contributed by atoms with Gasteiger partial charge in [0.15, 0.2) is 12.2 Å². The maximum absolute atomic E-state index is 12.0. The summed E-state index contributed by atoms with van der Waals surface area (Å²) in [6.07, 6.45) is -2.82. The number of hydrogen-bond acceptors (Lipinski definition) is 6. The predicted molar refractivity (Wildman–Crippen MR) is 74.3 cm³/mol. The molecule has 1 aromatic rings. The number of aliphatic hydroxyl groups excluding tert-OH is 1. The highest BCUT2D eigenvalue weighted by atomic mass is 16.6. The first-order valence-corrected chi connectivity index (χ1v) is 6.97. The molecular formula is C15H17NO6. The maximum Gasteiger partial charge on any atom is 0.411 e. The van der Waals surface area contributed by atoms with Gasteiger partial charge in [-0.3, -0.25) is 9.69 Å². The molecule has 0 unspecified atom stereocenters. The van der Waals surface area contributed by atoms with Crippen molar-refractivity contribution in [3.05, 3.63) is 29.8 Å². The number of carbonyl (C=O) groups is 2. The number of amides is 1. The molecule has 1 amide bonds. The van der Waals surface area contributed by atoms with Gasteiger partial charge in [-0.05, 0) is 17.7 Å². The maximum atomic E-state index is 12.0. The summed E-state index contributed by atoms with van der Waals surface area (Å²) in [5.74, 6) is 0.187. The van der Waals surface area contributed by atoms with Crippen molar-refractivity contribution in [2.24, 2.45) is 0 Å². The number of aliphatic hydroxyl groups is 1. The summed E-state index contributed by atoms with van der Waals surface area (Å²) in [7, 11) is 1.57. The van der Waals surface area contributed by atoms with Gasteiger partial charge >= 0.3 is 12.1 Å². The van der Waals surface area contributed by atoms with Gasteiger partial charge in [0, 0.05) is 6.92 Å². The van der Waals surface area contributed by atoms with E-state index in [1.807, 2.05) is 0 Å². The first kappa shape index (κ1) is 14.6. The zero-order chi connectivity index (χ0) is 15.9. The lowest BCUT2D eigenvalue weighted by molar-refractivity contribution is -0.152. The number of methoxy groups -OCH3 is 1. The van der Waals surface area contributed by atoms with Crippen LogP contribution in [0.15, 0.2) is 24.3 Å². The van der Waals surface area contributed by atoms with Crippen molar-refractivity contribution in [3.8, 4) is 5.75 Å². The topological polar surface area (TPSA) is 85.3 Å². The second-order valence-corrected chi connectivity index (χ2v) is 5.36. The van der Waals surface area contributed by atoms with Gasteiger partial charge in [-0.15, -0.1) is 0 Å². The van der Waals surface area contributed by atoms with Crippen molar-refractivity contribution in [3.63, 3.8) is 0 Å². The summed E-state index contributed by atoms with van der Waals surface area (Å²) in [6, 6.07) is 6.57. The van der Waals surface area contributed by atoms with Crippen LogP contribution in [0.5, 0.6) is 5.75 Å². The van der Waals surface area contributed by atoms with E-state index in [-0.39, 0.29) is 6.54 Å². The Labute approximate surface area is 127 Å². The van der Waals surface area contributed by atoms with Crippen molar-refractivity contribution in [1.29, 1.82) is 0 Å². The molecule has 0 radical (unpaired) electrons. The fourth-order valence-corrected chi connectivity index (χ4v) is 3.01. The molecule has 0 aromatic heterocycles. The lowest BCUT2D eigenvalue weighted by Gasteiger charge is -2.24. The molecule has 0 aliphatic carbocycles. The number of nitrogens with zero attached hydrogens (tertiary/aromatic N) is 1. The Balaban J connectivity index is 1.90. The van der Waals surface area contributed by atoms with Gasteiger partial charge < -0.3 is 19.3 Å². The monoisotopic (exact) mass is 307 g/mol. The minimum absolute atomic E-state index is 0.0914. The van der Waals surface area contributed by atoms with Gasteiger partial charge in [-0.25, -0.2) is 4.79 Å². The number of hydrogen-bond donors (Lipinski definition) is 1. The van der Waals surface area contributed by atoms with Crippen LogP contribution in [0.2, 0.25) is 0 Å². The standard InChI is InChI=1S/C15H17NO6/c1-8(17)21-14-11(18)7-16-12(14)13(22-15(16)19)9-3-5-10(20-2)6-4-9/h3-6,11-14,18H,7H2,1-2H3/t11-,12+,13-,14+/m0/s1. The van der Waals surface area contributed by atoms with E-state index in [4.69, 9.17) is 14.2 Å². The molecule has 0 bridgehead atoms. The second kappa shape index (κ2) is 5.49. The van der Waals surface area contributed by atoms with E-state index >= 15 is 0 Å². The van der Waals surface area contributed by atoms with Gasteiger partial charge in [-0.1, -0.05) is 12.1 Å². The molecule has 0 spiro atoms.